The topological polar surface area (TPSA) is 9.23 Å². The lowest BCUT2D eigenvalue weighted by atomic mass is 9.85. The maximum Gasteiger partial charge on any atom is 0.184 e. The monoisotopic (exact) mass is 1110 g/mol. The van der Waals surface area contributed by atoms with Crippen LogP contribution in [0.5, 0.6) is 5.75 Å². The lowest BCUT2D eigenvalue weighted by Crippen LogP contribution is -2.14. The Hall–Kier alpha value is -5.33. The van der Waals surface area contributed by atoms with Crippen LogP contribution in [0.2, 0.25) is 0 Å². The van der Waals surface area contributed by atoms with Gasteiger partial charge < -0.3 is 4.74 Å². The highest BCUT2D eigenvalue weighted by Crippen LogP contribution is 2.98. The zero-order chi connectivity index (χ0) is 60.6. The van der Waals surface area contributed by atoms with Gasteiger partial charge in [0.25, 0.3) is 0 Å². The molecule has 0 radical (unpaired) electrons. The number of rotatable bonds is 4. The number of hydrogen-bond acceptors (Lipinski definition) is 1. The van der Waals surface area contributed by atoms with E-state index >= 15 is 0 Å². The fourth-order valence-electron chi connectivity index (χ4n) is 8.62. The Morgan fingerprint density at radius 3 is 1.07 bits per heavy atom. The molecule has 0 bridgehead atoms. The van der Waals surface area contributed by atoms with E-state index in [1.807, 2.05) is 32.9 Å². The first-order valence-electron chi connectivity index (χ1n) is 28.8. The normalized spacial score (nSPS) is 15.2. The summed E-state index contributed by atoms with van der Waals surface area (Å²) in [4.78, 5) is -1.17. The number of methoxy groups -OCH3 is 1. The molecule has 0 amide bonds. The van der Waals surface area contributed by atoms with Crippen molar-refractivity contribution >= 4 is 20.6 Å². The second-order valence-electron chi connectivity index (χ2n) is 29.2. The van der Waals surface area contributed by atoms with Crippen LogP contribution in [0.25, 0.3) is 10.8 Å². The van der Waals surface area contributed by atoms with Gasteiger partial charge in [0.15, 0.2) is 9.84 Å². The van der Waals surface area contributed by atoms with Gasteiger partial charge in [-0.15, -0.1) is 15.5 Å². The van der Waals surface area contributed by atoms with Crippen LogP contribution < -0.4 is 4.74 Å². The maximum absolute atomic E-state index is 13.0. The minimum absolute atomic E-state index is 0.228. The summed E-state index contributed by atoms with van der Waals surface area (Å²) in [5.74, 6) is 1.80. The van der Waals surface area contributed by atoms with Gasteiger partial charge in [0, 0.05) is 0 Å². The molecule has 0 N–H and O–H groups in total. The average molecular weight is 1120 g/mol. The fraction of sp³-hybridized carbons (Fsp3) is 0.459. The number of ether oxygens (including phenoxy) is 1. The van der Waals surface area contributed by atoms with Crippen LogP contribution in [0, 0.1) is 6.92 Å². The molecule has 2 fully saturated rings. The van der Waals surface area contributed by atoms with Crippen molar-refractivity contribution < 1.29 is 20.3 Å². The summed E-state index contributed by atoms with van der Waals surface area (Å²) in [5, 5.41) is 2.65. The van der Waals surface area contributed by atoms with Crippen LogP contribution in [0.15, 0.2) is 169 Å². The van der Waals surface area contributed by atoms with Crippen molar-refractivity contribution in [2.75, 3.05) is 13.4 Å². The molecule has 7 aromatic carbocycles. The van der Waals surface area contributed by atoms with Crippen molar-refractivity contribution in [3.63, 3.8) is 0 Å². The number of hydrogen-bond donors (Lipinski definition) is 0. The van der Waals surface area contributed by atoms with E-state index in [-0.39, 0.29) is 33.3 Å². The molecule has 7 aromatic rings. The Morgan fingerprint density at radius 2 is 0.738 bits per heavy atom. The van der Waals surface area contributed by atoms with Gasteiger partial charge in [-0.05, 0) is 156 Å². The van der Waals surface area contributed by atoms with Crippen LogP contribution in [0.3, 0.4) is 0 Å². The Morgan fingerprint density at radius 1 is 0.412 bits per heavy atom. The van der Waals surface area contributed by atoms with E-state index in [1.54, 1.807) is 7.11 Å². The summed E-state index contributed by atoms with van der Waals surface area (Å²) in [7, 11) is -6.33. The Bertz CT molecular complexity index is 2990. The third-order valence-corrected chi connectivity index (χ3v) is 16.5. The summed E-state index contributed by atoms with van der Waals surface area (Å²) in [6.45, 7) is 43.8. The van der Waals surface area contributed by atoms with Crippen molar-refractivity contribution in [2.45, 2.75) is 213 Å². The summed E-state index contributed by atoms with van der Waals surface area (Å²) in [5.41, 5.74) is 13.7. The molecule has 0 aromatic heterocycles. The number of benzene rings is 7. The molecule has 6 heteroatoms. The number of aryl methyl sites for hydroxylation is 1. The molecule has 2 saturated carbocycles. The highest BCUT2D eigenvalue weighted by molar-refractivity contribution is 8.49. The molecule has 0 atom stereocenters. The molecule has 438 valence electrons. The SMILES string of the molecule is CC(C)(C)c1ccc(C2(C)CC2)cc1.CC(C)(C)c1ccc(C2CC2)cc1.CC(C)(C)c1ccc(S(C)(F)(F)(F)F)cc1.CC(C)(C)c1ccc2ccccc2c1.COc1ccc(C(C)(C)C)cc1.Cc1ccc(C(C)(C)C)cc1. The first-order chi connectivity index (χ1) is 36.3. The maximum atomic E-state index is 13.0. The standard InChI is InChI=1S/C14H20.C14H16.C13H18.C11H16F4S.C11H16O.C11H16/c1-13(2,3)11-5-7-12(8-6-11)14(4)9-10-14;1-14(2,3)13-9-8-11-6-4-5-7-12(11)10-13;1-13(2,3)12-8-6-11(7-9-12)10-4-5-10;1-11(2,3)9-5-7-10(8-6-9)16(4,12,13,14)15;1-11(2,3)9-5-7-10(12-4)8-6-9;1-9-5-7-10(8-6-9)11(2,3)4/h5-8H,9-10H2,1-4H3;4-10H,1-3H3;6-10H,4-5H2,1-3H3;5-8H,1-4H3;5-8H,1-4H3;5-8H,1-4H3. The van der Waals surface area contributed by atoms with E-state index in [1.165, 1.54) is 93.1 Å². The number of halogens is 4. The first-order valence-corrected chi connectivity index (χ1v) is 31.3. The molecule has 80 heavy (non-hydrogen) atoms. The molecule has 0 aliphatic heterocycles. The lowest BCUT2D eigenvalue weighted by molar-refractivity contribution is 0.414. The fourth-order valence-corrected chi connectivity index (χ4v) is 9.44. The van der Waals surface area contributed by atoms with Gasteiger partial charge in [-0.3, -0.25) is 0 Å². The van der Waals surface area contributed by atoms with Crippen molar-refractivity contribution in [2.24, 2.45) is 0 Å². The van der Waals surface area contributed by atoms with E-state index in [9.17, 15) is 15.5 Å². The van der Waals surface area contributed by atoms with Crippen molar-refractivity contribution in [1.82, 2.24) is 0 Å². The van der Waals surface area contributed by atoms with E-state index in [0.717, 1.165) is 29.4 Å². The van der Waals surface area contributed by atoms with E-state index in [4.69, 9.17) is 4.74 Å². The highest BCUT2D eigenvalue weighted by atomic mass is 32.5. The number of fused-ring (bicyclic) bond motifs is 1. The summed E-state index contributed by atoms with van der Waals surface area (Å²) < 4.78 is 57.3. The zero-order valence-corrected chi connectivity index (χ0v) is 54.1. The van der Waals surface area contributed by atoms with Gasteiger partial charge in [-0.25, -0.2) is 0 Å². The second-order valence-corrected chi connectivity index (χ2v) is 32.6. The molecule has 0 saturated heterocycles. The van der Waals surface area contributed by atoms with Gasteiger partial charge in [0.1, 0.15) is 5.75 Å². The van der Waals surface area contributed by atoms with E-state index < -0.39 is 14.7 Å². The summed E-state index contributed by atoms with van der Waals surface area (Å²) in [6, 6.07) is 54.9. The predicted octanol–water partition coefficient (Wildman–Crippen LogP) is 23.7. The van der Waals surface area contributed by atoms with Crippen LogP contribution in [-0.2, 0) is 37.9 Å². The molecule has 0 heterocycles. The van der Waals surface area contributed by atoms with Gasteiger partial charge >= 0.3 is 0 Å². The average Bonchev–Trinajstić information content (AvgIpc) is 4.31. The second kappa shape index (κ2) is 24.6. The van der Waals surface area contributed by atoms with E-state index in [2.05, 4.69) is 245 Å². The van der Waals surface area contributed by atoms with Crippen molar-refractivity contribution in [3.8, 4) is 5.75 Å². The smallest absolute Gasteiger partial charge is 0.184 e. The summed E-state index contributed by atoms with van der Waals surface area (Å²) >= 11 is 0. The highest BCUT2D eigenvalue weighted by Gasteiger charge is 2.59. The quantitative estimate of drug-likeness (QED) is 0.160. The largest absolute Gasteiger partial charge is 0.497 e. The predicted molar refractivity (Wildman–Crippen MR) is 344 cm³/mol. The van der Waals surface area contributed by atoms with Crippen molar-refractivity contribution in [3.05, 3.63) is 214 Å². The molecule has 0 unspecified atom stereocenters. The molecular formula is C74H102F4OS. The Kier molecular flexibility index (Phi) is 20.7. The van der Waals surface area contributed by atoms with Crippen LogP contribution in [0.4, 0.5) is 15.5 Å². The molecule has 1 nitrogen and oxygen atoms in total. The molecule has 2 aliphatic rings. The summed E-state index contributed by atoms with van der Waals surface area (Å²) in [6.07, 6.45) is 5.26. The minimum atomic E-state index is -8.02. The van der Waals surface area contributed by atoms with Crippen LogP contribution >= 0.6 is 9.84 Å². The lowest BCUT2D eigenvalue weighted by Gasteiger charge is -2.46. The van der Waals surface area contributed by atoms with Gasteiger partial charge in [0.05, 0.1) is 18.3 Å². The molecular weight excluding hydrogens is 1010 g/mol. The van der Waals surface area contributed by atoms with Crippen LogP contribution in [-0.4, -0.2) is 13.4 Å². The van der Waals surface area contributed by atoms with Crippen molar-refractivity contribution in [1.29, 1.82) is 0 Å². The molecule has 0 spiro atoms. The molecule has 9 rings (SSSR count). The van der Waals surface area contributed by atoms with Gasteiger partial charge in [-0.2, -0.15) is 0 Å². The third kappa shape index (κ3) is 21.9. The Labute approximate surface area is 484 Å². The first kappa shape index (κ1) is 67.2. The van der Waals surface area contributed by atoms with Gasteiger partial charge in [-0.1, -0.05) is 277 Å². The minimum Gasteiger partial charge on any atom is -0.497 e. The van der Waals surface area contributed by atoms with E-state index in [0.29, 0.717) is 10.8 Å². The Balaban J connectivity index is 0.000000207. The molecule has 2 aliphatic carbocycles. The van der Waals surface area contributed by atoms with Gasteiger partial charge in [0.2, 0.25) is 0 Å². The third-order valence-electron chi connectivity index (χ3n) is 15.1. The van der Waals surface area contributed by atoms with Crippen LogP contribution in [0.1, 0.15) is 213 Å². The zero-order valence-electron chi connectivity index (χ0n) is 53.3.